The molecular weight excluding hydrogens is 236 g/mol. The lowest BCUT2D eigenvalue weighted by molar-refractivity contribution is 0.106. The lowest BCUT2D eigenvalue weighted by Gasteiger charge is -2.26. The SMILES string of the molecule is Cc1ccc(COCCCN2CCNCC2)c(C)c1. The Hall–Kier alpha value is -0.900. The first-order chi connectivity index (χ1) is 9.25. The van der Waals surface area contributed by atoms with E-state index in [1.807, 2.05) is 0 Å². The lowest BCUT2D eigenvalue weighted by atomic mass is 10.1. The zero-order chi connectivity index (χ0) is 13.5. The van der Waals surface area contributed by atoms with E-state index in [0.717, 1.165) is 39.3 Å². The molecule has 19 heavy (non-hydrogen) atoms. The molecular formula is C16H26N2O. The minimum atomic E-state index is 0.744. The summed E-state index contributed by atoms with van der Waals surface area (Å²) in [5.74, 6) is 0. The number of nitrogens with zero attached hydrogens (tertiary/aromatic N) is 1. The van der Waals surface area contributed by atoms with E-state index in [-0.39, 0.29) is 0 Å². The summed E-state index contributed by atoms with van der Waals surface area (Å²) in [7, 11) is 0. The Balaban J connectivity index is 1.61. The Morgan fingerprint density at radius 2 is 2.00 bits per heavy atom. The molecule has 0 bridgehead atoms. The van der Waals surface area contributed by atoms with E-state index < -0.39 is 0 Å². The summed E-state index contributed by atoms with van der Waals surface area (Å²) in [6, 6.07) is 6.56. The third-order valence-electron chi connectivity index (χ3n) is 3.73. The molecule has 1 heterocycles. The number of benzene rings is 1. The molecule has 0 aromatic heterocycles. The second kappa shape index (κ2) is 7.63. The third-order valence-corrected chi connectivity index (χ3v) is 3.73. The molecule has 1 saturated heterocycles. The van der Waals surface area contributed by atoms with Crippen molar-refractivity contribution in [1.82, 2.24) is 10.2 Å². The topological polar surface area (TPSA) is 24.5 Å². The molecule has 0 atom stereocenters. The highest BCUT2D eigenvalue weighted by molar-refractivity contribution is 5.29. The highest BCUT2D eigenvalue weighted by Crippen LogP contribution is 2.11. The summed E-state index contributed by atoms with van der Waals surface area (Å²) in [4.78, 5) is 2.51. The van der Waals surface area contributed by atoms with E-state index in [0.29, 0.717) is 0 Å². The molecule has 0 aliphatic carbocycles. The van der Waals surface area contributed by atoms with Crippen LogP contribution in [-0.2, 0) is 11.3 Å². The standard InChI is InChI=1S/C16H26N2O/c1-14-4-5-16(15(2)12-14)13-19-11-3-8-18-9-6-17-7-10-18/h4-5,12,17H,3,6-11,13H2,1-2H3. The van der Waals surface area contributed by atoms with Gasteiger partial charge in [0.1, 0.15) is 0 Å². The molecule has 106 valence electrons. The Morgan fingerprint density at radius 1 is 1.21 bits per heavy atom. The number of hydrogen-bond acceptors (Lipinski definition) is 3. The van der Waals surface area contributed by atoms with Crippen molar-refractivity contribution in [3.05, 3.63) is 34.9 Å². The number of rotatable bonds is 6. The molecule has 0 saturated carbocycles. The van der Waals surface area contributed by atoms with Gasteiger partial charge in [0, 0.05) is 39.3 Å². The second-order valence-electron chi connectivity index (χ2n) is 5.43. The Labute approximate surface area is 116 Å². The maximum atomic E-state index is 5.79. The van der Waals surface area contributed by atoms with Crippen LogP contribution in [0.5, 0.6) is 0 Å². The predicted molar refractivity (Wildman–Crippen MR) is 79.5 cm³/mol. The number of aryl methyl sites for hydroxylation is 2. The fourth-order valence-corrected chi connectivity index (χ4v) is 2.51. The van der Waals surface area contributed by atoms with Gasteiger partial charge in [-0.15, -0.1) is 0 Å². The van der Waals surface area contributed by atoms with E-state index in [4.69, 9.17) is 4.74 Å². The van der Waals surface area contributed by atoms with Gasteiger partial charge in [-0.2, -0.15) is 0 Å². The van der Waals surface area contributed by atoms with E-state index in [1.54, 1.807) is 0 Å². The minimum absolute atomic E-state index is 0.744. The van der Waals surface area contributed by atoms with Crippen molar-refractivity contribution < 1.29 is 4.74 Å². The molecule has 1 N–H and O–H groups in total. The average molecular weight is 262 g/mol. The molecule has 1 aromatic carbocycles. The number of nitrogens with one attached hydrogen (secondary N) is 1. The summed E-state index contributed by atoms with van der Waals surface area (Å²) in [6.45, 7) is 11.7. The highest BCUT2D eigenvalue weighted by Gasteiger charge is 2.08. The van der Waals surface area contributed by atoms with Crippen molar-refractivity contribution in [2.24, 2.45) is 0 Å². The second-order valence-corrected chi connectivity index (χ2v) is 5.43. The van der Waals surface area contributed by atoms with Crippen LogP contribution in [0.15, 0.2) is 18.2 Å². The maximum Gasteiger partial charge on any atom is 0.0719 e. The molecule has 2 rings (SSSR count). The molecule has 0 amide bonds. The molecule has 1 fully saturated rings. The van der Waals surface area contributed by atoms with Crippen LogP contribution in [-0.4, -0.2) is 44.2 Å². The fraction of sp³-hybridized carbons (Fsp3) is 0.625. The lowest BCUT2D eigenvalue weighted by Crippen LogP contribution is -2.43. The van der Waals surface area contributed by atoms with Gasteiger partial charge in [-0.1, -0.05) is 23.8 Å². The fourth-order valence-electron chi connectivity index (χ4n) is 2.51. The van der Waals surface area contributed by atoms with Crippen LogP contribution in [0.4, 0.5) is 0 Å². The van der Waals surface area contributed by atoms with E-state index in [2.05, 4.69) is 42.3 Å². The van der Waals surface area contributed by atoms with Crippen LogP contribution < -0.4 is 5.32 Å². The van der Waals surface area contributed by atoms with Crippen molar-refractivity contribution in [2.75, 3.05) is 39.3 Å². The smallest absolute Gasteiger partial charge is 0.0719 e. The normalized spacial score (nSPS) is 16.7. The third kappa shape index (κ3) is 4.94. The van der Waals surface area contributed by atoms with Gasteiger partial charge in [0.15, 0.2) is 0 Å². The van der Waals surface area contributed by atoms with Crippen LogP contribution in [0.1, 0.15) is 23.1 Å². The Bertz CT molecular complexity index is 386. The summed E-state index contributed by atoms with van der Waals surface area (Å²) >= 11 is 0. The summed E-state index contributed by atoms with van der Waals surface area (Å²) < 4.78 is 5.79. The van der Waals surface area contributed by atoms with Crippen LogP contribution in [0.25, 0.3) is 0 Å². The Morgan fingerprint density at radius 3 is 2.74 bits per heavy atom. The zero-order valence-corrected chi connectivity index (χ0v) is 12.2. The molecule has 1 aliphatic heterocycles. The van der Waals surface area contributed by atoms with Crippen molar-refractivity contribution in [1.29, 1.82) is 0 Å². The van der Waals surface area contributed by atoms with Crippen LogP contribution in [0.3, 0.4) is 0 Å². The number of hydrogen-bond donors (Lipinski definition) is 1. The largest absolute Gasteiger partial charge is 0.377 e. The molecule has 0 spiro atoms. The van der Waals surface area contributed by atoms with Crippen LogP contribution in [0, 0.1) is 13.8 Å². The van der Waals surface area contributed by atoms with Crippen molar-refractivity contribution in [3.63, 3.8) is 0 Å². The van der Waals surface area contributed by atoms with Gasteiger partial charge in [0.05, 0.1) is 6.61 Å². The van der Waals surface area contributed by atoms with Gasteiger partial charge in [0.2, 0.25) is 0 Å². The zero-order valence-electron chi connectivity index (χ0n) is 12.2. The number of piperazine rings is 1. The highest BCUT2D eigenvalue weighted by atomic mass is 16.5. The van der Waals surface area contributed by atoms with Gasteiger partial charge in [0.25, 0.3) is 0 Å². The maximum absolute atomic E-state index is 5.79. The van der Waals surface area contributed by atoms with Crippen LogP contribution >= 0.6 is 0 Å². The van der Waals surface area contributed by atoms with Crippen molar-refractivity contribution in [3.8, 4) is 0 Å². The Kier molecular flexibility index (Phi) is 5.83. The number of ether oxygens (including phenoxy) is 1. The first-order valence-electron chi connectivity index (χ1n) is 7.32. The van der Waals surface area contributed by atoms with Crippen LogP contribution in [0.2, 0.25) is 0 Å². The quantitative estimate of drug-likeness (QED) is 0.795. The summed E-state index contributed by atoms with van der Waals surface area (Å²) in [5, 5.41) is 3.38. The molecule has 1 aromatic rings. The van der Waals surface area contributed by atoms with Gasteiger partial charge in [-0.3, -0.25) is 0 Å². The van der Waals surface area contributed by atoms with Gasteiger partial charge in [-0.25, -0.2) is 0 Å². The van der Waals surface area contributed by atoms with Crippen molar-refractivity contribution >= 4 is 0 Å². The van der Waals surface area contributed by atoms with E-state index >= 15 is 0 Å². The monoisotopic (exact) mass is 262 g/mol. The molecule has 0 unspecified atom stereocenters. The molecule has 3 heteroatoms. The van der Waals surface area contributed by atoms with Gasteiger partial charge >= 0.3 is 0 Å². The van der Waals surface area contributed by atoms with Crippen molar-refractivity contribution in [2.45, 2.75) is 26.9 Å². The summed E-state index contributed by atoms with van der Waals surface area (Å²) in [6.07, 6.45) is 1.13. The molecule has 0 radical (unpaired) electrons. The first kappa shape index (κ1) is 14.5. The minimum Gasteiger partial charge on any atom is -0.377 e. The summed E-state index contributed by atoms with van der Waals surface area (Å²) in [5.41, 5.74) is 3.97. The van der Waals surface area contributed by atoms with E-state index in [1.165, 1.54) is 29.8 Å². The van der Waals surface area contributed by atoms with E-state index in [9.17, 15) is 0 Å². The molecule has 1 aliphatic rings. The molecule has 3 nitrogen and oxygen atoms in total. The van der Waals surface area contributed by atoms with Gasteiger partial charge < -0.3 is 15.0 Å². The van der Waals surface area contributed by atoms with Gasteiger partial charge in [-0.05, 0) is 31.4 Å². The first-order valence-corrected chi connectivity index (χ1v) is 7.32. The predicted octanol–water partition coefficient (Wildman–Crippen LogP) is 2.12. The average Bonchev–Trinajstić information content (AvgIpc) is 2.42.